The van der Waals surface area contributed by atoms with Crippen molar-refractivity contribution in [3.8, 4) is 0 Å². The van der Waals surface area contributed by atoms with E-state index in [1.807, 2.05) is 11.3 Å². The van der Waals surface area contributed by atoms with Crippen LogP contribution in [0.15, 0.2) is 11.4 Å². The number of hydrogen-bond donors (Lipinski definition) is 1. The molecule has 0 aliphatic carbocycles. The quantitative estimate of drug-likeness (QED) is 0.776. The molecule has 0 saturated carbocycles. The summed E-state index contributed by atoms with van der Waals surface area (Å²) in [4.78, 5) is 4.04. The lowest BCUT2D eigenvalue weighted by Crippen LogP contribution is -2.41. The Morgan fingerprint density at radius 2 is 2.54 bits per heavy atom. The van der Waals surface area contributed by atoms with Crippen LogP contribution in [-0.2, 0) is 13.0 Å². The van der Waals surface area contributed by atoms with Crippen LogP contribution in [-0.4, -0.2) is 24.0 Å². The first-order valence-corrected chi connectivity index (χ1v) is 5.68. The van der Waals surface area contributed by atoms with Gasteiger partial charge in [-0.15, -0.1) is 11.3 Å². The monoisotopic (exact) mass is 196 g/mol. The van der Waals surface area contributed by atoms with Gasteiger partial charge in [0.25, 0.3) is 0 Å². The van der Waals surface area contributed by atoms with Crippen LogP contribution < -0.4 is 5.73 Å². The fourth-order valence-corrected chi connectivity index (χ4v) is 2.69. The number of rotatable bonds is 2. The van der Waals surface area contributed by atoms with Crippen LogP contribution in [0.5, 0.6) is 0 Å². The highest BCUT2D eigenvalue weighted by molar-refractivity contribution is 7.10. The molecule has 0 aromatic carbocycles. The molecule has 0 fully saturated rings. The first-order chi connectivity index (χ1) is 6.31. The van der Waals surface area contributed by atoms with Gasteiger partial charge in [-0.1, -0.05) is 0 Å². The van der Waals surface area contributed by atoms with E-state index in [2.05, 4.69) is 23.3 Å². The van der Waals surface area contributed by atoms with Crippen molar-refractivity contribution in [3.63, 3.8) is 0 Å². The van der Waals surface area contributed by atoms with Crippen LogP contribution in [0, 0.1) is 0 Å². The molecule has 0 saturated heterocycles. The minimum Gasteiger partial charge on any atom is -0.329 e. The van der Waals surface area contributed by atoms with Crippen molar-refractivity contribution >= 4 is 11.3 Å². The van der Waals surface area contributed by atoms with E-state index in [-0.39, 0.29) is 0 Å². The summed E-state index contributed by atoms with van der Waals surface area (Å²) < 4.78 is 0. The zero-order valence-corrected chi connectivity index (χ0v) is 8.81. The predicted molar refractivity (Wildman–Crippen MR) is 56.9 cm³/mol. The standard InChI is InChI=1S/C10H16N2S/c1-8(6-11)12-4-2-10-9(7-12)3-5-13-10/h3,5,8H,2,4,6-7,11H2,1H3. The minimum atomic E-state index is 0.521. The van der Waals surface area contributed by atoms with E-state index in [0.717, 1.165) is 13.1 Å². The number of thiophene rings is 1. The first-order valence-electron chi connectivity index (χ1n) is 4.80. The molecular weight excluding hydrogens is 180 g/mol. The molecule has 0 spiro atoms. The van der Waals surface area contributed by atoms with Crippen molar-refractivity contribution in [1.82, 2.24) is 4.90 Å². The summed E-state index contributed by atoms with van der Waals surface area (Å²) in [5.41, 5.74) is 7.17. The summed E-state index contributed by atoms with van der Waals surface area (Å²) in [7, 11) is 0. The van der Waals surface area contributed by atoms with Crippen LogP contribution in [0.25, 0.3) is 0 Å². The van der Waals surface area contributed by atoms with Crippen molar-refractivity contribution in [2.45, 2.75) is 25.9 Å². The van der Waals surface area contributed by atoms with Crippen molar-refractivity contribution in [2.24, 2.45) is 5.73 Å². The van der Waals surface area contributed by atoms with Gasteiger partial charge in [0.05, 0.1) is 0 Å². The largest absolute Gasteiger partial charge is 0.329 e. The van der Waals surface area contributed by atoms with Gasteiger partial charge in [0.2, 0.25) is 0 Å². The summed E-state index contributed by atoms with van der Waals surface area (Å²) in [6.45, 7) is 5.24. The van der Waals surface area contributed by atoms with Crippen LogP contribution in [0.1, 0.15) is 17.4 Å². The molecule has 2 heterocycles. The minimum absolute atomic E-state index is 0.521. The van der Waals surface area contributed by atoms with Gasteiger partial charge < -0.3 is 5.73 Å². The Kier molecular flexibility index (Phi) is 2.67. The summed E-state index contributed by atoms with van der Waals surface area (Å²) in [5.74, 6) is 0. The third-order valence-electron chi connectivity index (χ3n) is 2.80. The fraction of sp³-hybridized carbons (Fsp3) is 0.600. The van der Waals surface area contributed by atoms with Crippen molar-refractivity contribution in [2.75, 3.05) is 13.1 Å². The van der Waals surface area contributed by atoms with Crippen molar-refractivity contribution in [1.29, 1.82) is 0 Å². The molecule has 1 atom stereocenters. The zero-order chi connectivity index (χ0) is 9.26. The number of nitrogens with two attached hydrogens (primary N) is 1. The van der Waals surface area contributed by atoms with Crippen LogP contribution in [0.3, 0.4) is 0 Å². The molecule has 3 heteroatoms. The van der Waals surface area contributed by atoms with E-state index in [1.54, 1.807) is 4.88 Å². The lowest BCUT2D eigenvalue weighted by atomic mass is 10.1. The maximum Gasteiger partial charge on any atom is 0.0248 e. The second kappa shape index (κ2) is 3.78. The molecule has 1 aliphatic heterocycles. The lowest BCUT2D eigenvalue weighted by molar-refractivity contribution is 0.196. The fourth-order valence-electron chi connectivity index (χ4n) is 1.80. The Bertz CT molecular complexity index is 282. The van der Waals surface area contributed by atoms with E-state index in [9.17, 15) is 0 Å². The molecule has 2 nitrogen and oxygen atoms in total. The highest BCUT2D eigenvalue weighted by Gasteiger charge is 2.19. The maximum absolute atomic E-state index is 5.66. The summed E-state index contributed by atoms with van der Waals surface area (Å²) in [6.07, 6.45) is 1.21. The highest BCUT2D eigenvalue weighted by Crippen LogP contribution is 2.24. The SMILES string of the molecule is CC(CN)N1CCc2sccc2C1. The smallest absolute Gasteiger partial charge is 0.0248 e. The number of fused-ring (bicyclic) bond motifs is 1. The molecule has 1 aliphatic rings. The Morgan fingerprint density at radius 3 is 3.31 bits per heavy atom. The molecule has 2 N–H and O–H groups in total. The average molecular weight is 196 g/mol. The third-order valence-corrected chi connectivity index (χ3v) is 3.82. The normalized spacial score (nSPS) is 19.8. The number of hydrogen-bond acceptors (Lipinski definition) is 3. The molecule has 2 rings (SSSR count). The molecular formula is C10H16N2S. The molecule has 1 aromatic rings. The summed E-state index contributed by atoms with van der Waals surface area (Å²) in [6, 6.07) is 2.77. The van der Waals surface area contributed by atoms with Gasteiger partial charge in [-0.2, -0.15) is 0 Å². The van der Waals surface area contributed by atoms with E-state index < -0.39 is 0 Å². The second-order valence-corrected chi connectivity index (χ2v) is 4.67. The van der Waals surface area contributed by atoms with Crippen LogP contribution in [0.2, 0.25) is 0 Å². The topological polar surface area (TPSA) is 29.3 Å². The van der Waals surface area contributed by atoms with Crippen LogP contribution >= 0.6 is 11.3 Å². The second-order valence-electron chi connectivity index (χ2n) is 3.67. The van der Waals surface area contributed by atoms with E-state index >= 15 is 0 Å². The molecule has 13 heavy (non-hydrogen) atoms. The Hall–Kier alpha value is -0.380. The molecule has 0 radical (unpaired) electrons. The van der Waals surface area contributed by atoms with Crippen molar-refractivity contribution < 1.29 is 0 Å². The third kappa shape index (κ3) is 1.77. The van der Waals surface area contributed by atoms with E-state index in [4.69, 9.17) is 5.73 Å². The van der Waals surface area contributed by atoms with Gasteiger partial charge in [-0.05, 0) is 30.4 Å². The van der Waals surface area contributed by atoms with Crippen LogP contribution in [0.4, 0.5) is 0 Å². The van der Waals surface area contributed by atoms with Gasteiger partial charge in [0.15, 0.2) is 0 Å². The zero-order valence-electron chi connectivity index (χ0n) is 7.99. The summed E-state index contributed by atoms with van der Waals surface area (Å²) >= 11 is 1.89. The molecule has 0 bridgehead atoms. The molecule has 1 aromatic heterocycles. The van der Waals surface area contributed by atoms with Gasteiger partial charge in [0, 0.05) is 30.6 Å². The van der Waals surface area contributed by atoms with E-state index in [1.165, 1.54) is 18.5 Å². The van der Waals surface area contributed by atoms with Gasteiger partial charge in [0.1, 0.15) is 0 Å². The number of nitrogens with zero attached hydrogens (tertiary/aromatic N) is 1. The van der Waals surface area contributed by atoms with Crippen molar-refractivity contribution in [3.05, 3.63) is 21.9 Å². The van der Waals surface area contributed by atoms with Gasteiger partial charge in [-0.3, -0.25) is 4.90 Å². The van der Waals surface area contributed by atoms with E-state index in [0.29, 0.717) is 6.04 Å². The molecule has 0 amide bonds. The van der Waals surface area contributed by atoms with Gasteiger partial charge in [-0.25, -0.2) is 0 Å². The Labute approximate surface area is 83.4 Å². The molecule has 1 unspecified atom stereocenters. The Morgan fingerprint density at radius 1 is 1.69 bits per heavy atom. The predicted octanol–water partition coefficient (Wildman–Crippen LogP) is 1.45. The average Bonchev–Trinajstić information content (AvgIpc) is 2.63. The maximum atomic E-state index is 5.66. The summed E-state index contributed by atoms with van der Waals surface area (Å²) in [5, 5.41) is 2.20. The first kappa shape index (κ1) is 9.19. The highest BCUT2D eigenvalue weighted by atomic mass is 32.1. The Balaban J connectivity index is 2.08. The molecule has 72 valence electrons. The lowest BCUT2D eigenvalue weighted by Gasteiger charge is -2.31. The van der Waals surface area contributed by atoms with Gasteiger partial charge >= 0.3 is 0 Å².